The van der Waals surface area contributed by atoms with Crippen LogP contribution in [0.4, 0.5) is 5.13 Å². The molecule has 0 unspecified atom stereocenters. The highest BCUT2D eigenvalue weighted by molar-refractivity contribution is 7.99. The van der Waals surface area contributed by atoms with Gasteiger partial charge in [-0.3, -0.25) is 14.7 Å². The lowest BCUT2D eigenvalue weighted by Crippen LogP contribution is -2.30. The summed E-state index contributed by atoms with van der Waals surface area (Å²) in [6.07, 6.45) is 4.79. The van der Waals surface area contributed by atoms with Gasteiger partial charge in [0.2, 0.25) is 5.91 Å². The molecule has 0 aliphatic rings. The zero-order valence-electron chi connectivity index (χ0n) is 19.1. The number of carbonyl (C=O) groups excluding carboxylic acids is 1. The second kappa shape index (κ2) is 10.8. The van der Waals surface area contributed by atoms with Crippen molar-refractivity contribution in [2.45, 2.75) is 38.1 Å². The van der Waals surface area contributed by atoms with Crippen LogP contribution in [0, 0.1) is 13.8 Å². The van der Waals surface area contributed by atoms with E-state index in [1.165, 1.54) is 16.0 Å². The molecular formula is C26H27N3O2S2. The van der Waals surface area contributed by atoms with Crippen LogP contribution in [0.3, 0.4) is 0 Å². The van der Waals surface area contributed by atoms with Gasteiger partial charge < -0.3 is 4.74 Å². The van der Waals surface area contributed by atoms with E-state index < -0.39 is 0 Å². The monoisotopic (exact) mass is 477 g/mol. The van der Waals surface area contributed by atoms with Gasteiger partial charge in [-0.2, -0.15) is 0 Å². The van der Waals surface area contributed by atoms with Crippen LogP contribution in [0.15, 0.2) is 65.8 Å². The molecule has 4 rings (SSSR count). The number of methoxy groups -OCH3 is 1. The van der Waals surface area contributed by atoms with Gasteiger partial charge in [-0.1, -0.05) is 17.4 Å². The molecule has 2 heterocycles. The molecule has 2 aromatic heterocycles. The molecule has 0 radical (unpaired) electrons. The first-order valence-corrected chi connectivity index (χ1v) is 12.7. The molecule has 0 atom stereocenters. The average Bonchev–Trinajstić information content (AvgIpc) is 3.25. The molecule has 1 amide bonds. The molecule has 2 aromatic carbocycles. The van der Waals surface area contributed by atoms with Crippen molar-refractivity contribution in [1.82, 2.24) is 9.97 Å². The summed E-state index contributed by atoms with van der Waals surface area (Å²) in [5, 5.41) is 0.753. The lowest BCUT2D eigenvalue weighted by atomic mass is 10.1. The quantitative estimate of drug-likeness (QED) is 0.206. The first-order valence-electron chi connectivity index (χ1n) is 10.9. The predicted octanol–water partition coefficient (Wildman–Crippen LogP) is 6.42. The zero-order valence-corrected chi connectivity index (χ0v) is 20.7. The second-order valence-corrected chi connectivity index (χ2v) is 10.0. The van der Waals surface area contributed by atoms with Crippen LogP contribution < -0.4 is 9.64 Å². The Labute approximate surface area is 202 Å². The van der Waals surface area contributed by atoms with Gasteiger partial charge in [0.25, 0.3) is 0 Å². The van der Waals surface area contributed by atoms with Crippen LogP contribution in [0.5, 0.6) is 5.75 Å². The summed E-state index contributed by atoms with van der Waals surface area (Å²) in [6.45, 7) is 4.67. The Morgan fingerprint density at radius 3 is 2.58 bits per heavy atom. The fourth-order valence-electron chi connectivity index (χ4n) is 3.63. The van der Waals surface area contributed by atoms with E-state index in [1.54, 1.807) is 42.6 Å². The van der Waals surface area contributed by atoms with E-state index in [2.05, 4.69) is 31.0 Å². The van der Waals surface area contributed by atoms with Crippen LogP contribution in [-0.2, 0) is 11.3 Å². The van der Waals surface area contributed by atoms with Crippen molar-refractivity contribution < 1.29 is 9.53 Å². The summed E-state index contributed by atoms with van der Waals surface area (Å²) in [5.41, 5.74) is 4.37. The van der Waals surface area contributed by atoms with Gasteiger partial charge in [0.15, 0.2) is 5.13 Å². The third kappa shape index (κ3) is 5.92. The summed E-state index contributed by atoms with van der Waals surface area (Å²) in [6, 6.07) is 16.2. The number of thiazole rings is 1. The molecule has 170 valence electrons. The molecule has 0 saturated heterocycles. The maximum atomic E-state index is 13.3. The fraction of sp³-hybridized carbons (Fsp3) is 0.269. The van der Waals surface area contributed by atoms with Crippen molar-refractivity contribution in [2.24, 2.45) is 0 Å². The predicted molar refractivity (Wildman–Crippen MR) is 137 cm³/mol. The van der Waals surface area contributed by atoms with E-state index in [0.717, 1.165) is 38.8 Å². The lowest BCUT2D eigenvalue weighted by Gasteiger charge is -2.20. The lowest BCUT2D eigenvalue weighted by molar-refractivity contribution is -0.118. The van der Waals surface area contributed by atoms with Crippen molar-refractivity contribution in [3.63, 3.8) is 0 Å². The molecule has 0 N–H and O–H groups in total. The number of hydrogen-bond acceptors (Lipinski definition) is 6. The van der Waals surface area contributed by atoms with Crippen LogP contribution in [0.2, 0.25) is 0 Å². The highest BCUT2D eigenvalue weighted by Crippen LogP contribution is 2.33. The molecule has 0 aliphatic heterocycles. The van der Waals surface area contributed by atoms with Gasteiger partial charge in [-0.25, -0.2) is 4.98 Å². The largest absolute Gasteiger partial charge is 0.497 e. The maximum Gasteiger partial charge on any atom is 0.229 e. The van der Waals surface area contributed by atoms with Crippen LogP contribution in [-0.4, -0.2) is 28.7 Å². The molecular weight excluding hydrogens is 450 g/mol. The van der Waals surface area contributed by atoms with E-state index >= 15 is 0 Å². The molecule has 0 saturated carbocycles. The normalized spacial score (nSPS) is 11.0. The minimum atomic E-state index is 0.0931. The SMILES string of the molecule is COc1ccc(SCCCC(=O)N(Cc2ccncc2)c2nc3cc(C)cc(C)c3s2)cc1. The van der Waals surface area contributed by atoms with Crippen LogP contribution >= 0.6 is 23.1 Å². The number of benzene rings is 2. The number of amides is 1. The third-order valence-corrected chi connectivity index (χ3v) is 7.62. The Hall–Kier alpha value is -2.90. The van der Waals surface area contributed by atoms with Gasteiger partial charge in [-0.15, -0.1) is 11.8 Å². The number of hydrogen-bond donors (Lipinski definition) is 0. The van der Waals surface area contributed by atoms with Gasteiger partial charge >= 0.3 is 0 Å². The van der Waals surface area contributed by atoms with Crippen LogP contribution in [0.25, 0.3) is 10.2 Å². The van der Waals surface area contributed by atoms with E-state index in [4.69, 9.17) is 9.72 Å². The molecule has 7 heteroatoms. The molecule has 5 nitrogen and oxygen atoms in total. The number of carbonyl (C=O) groups is 1. The topological polar surface area (TPSA) is 55.3 Å². The van der Waals surface area contributed by atoms with Gasteiger partial charge in [0.05, 0.1) is 23.9 Å². The van der Waals surface area contributed by atoms with Crippen molar-refractivity contribution in [3.8, 4) is 5.75 Å². The molecule has 33 heavy (non-hydrogen) atoms. The van der Waals surface area contributed by atoms with Gasteiger partial charge in [-0.05, 0) is 85.2 Å². The number of aryl methyl sites for hydroxylation is 2. The first-order chi connectivity index (χ1) is 16.0. The summed E-state index contributed by atoms with van der Waals surface area (Å²) >= 11 is 3.34. The number of nitrogens with zero attached hydrogens (tertiary/aromatic N) is 3. The maximum absolute atomic E-state index is 13.3. The fourth-order valence-corrected chi connectivity index (χ4v) is 5.52. The number of aromatic nitrogens is 2. The van der Waals surface area contributed by atoms with Crippen molar-refractivity contribution >= 4 is 44.4 Å². The number of fused-ring (bicyclic) bond motifs is 1. The minimum absolute atomic E-state index is 0.0931. The number of rotatable bonds is 9. The summed E-state index contributed by atoms with van der Waals surface area (Å²) < 4.78 is 6.35. The van der Waals surface area contributed by atoms with Crippen molar-refractivity contribution in [1.29, 1.82) is 0 Å². The van der Waals surface area contributed by atoms with Crippen molar-refractivity contribution in [3.05, 3.63) is 77.6 Å². The minimum Gasteiger partial charge on any atom is -0.497 e. The van der Waals surface area contributed by atoms with E-state index in [9.17, 15) is 4.79 Å². The number of ether oxygens (including phenoxy) is 1. The second-order valence-electron chi connectivity index (χ2n) is 7.89. The van der Waals surface area contributed by atoms with Crippen LogP contribution in [0.1, 0.15) is 29.5 Å². The molecule has 0 fully saturated rings. The highest BCUT2D eigenvalue weighted by atomic mass is 32.2. The molecule has 0 bridgehead atoms. The Balaban J connectivity index is 1.47. The van der Waals surface area contributed by atoms with E-state index in [0.29, 0.717) is 13.0 Å². The average molecular weight is 478 g/mol. The zero-order chi connectivity index (χ0) is 23.2. The van der Waals surface area contributed by atoms with Crippen molar-refractivity contribution in [2.75, 3.05) is 17.8 Å². The Morgan fingerprint density at radius 1 is 1.09 bits per heavy atom. The molecule has 0 aliphatic carbocycles. The van der Waals surface area contributed by atoms with Gasteiger partial charge in [0, 0.05) is 23.7 Å². The number of pyridine rings is 1. The summed E-state index contributed by atoms with van der Waals surface area (Å²) in [7, 11) is 1.67. The smallest absolute Gasteiger partial charge is 0.229 e. The third-order valence-electron chi connectivity index (χ3n) is 5.29. The Bertz CT molecular complexity index is 1220. The Morgan fingerprint density at radius 2 is 1.85 bits per heavy atom. The Kier molecular flexibility index (Phi) is 7.62. The summed E-state index contributed by atoms with van der Waals surface area (Å²) in [4.78, 5) is 25.3. The van der Waals surface area contributed by atoms with E-state index in [1.807, 2.05) is 41.3 Å². The summed E-state index contributed by atoms with van der Waals surface area (Å²) in [5.74, 6) is 1.82. The number of anilines is 1. The molecule has 0 spiro atoms. The highest BCUT2D eigenvalue weighted by Gasteiger charge is 2.20. The first kappa shape index (κ1) is 23.3. The van der Waals surface area contributed by atoms with Gasteiger partial charge in [0.1, 0.15) is 5.75 Å². The molecule has 4 aromatic rings. The number of thioether (sulfide) groups is 1. The standard InChI is InChI=1S/C26H27N3O2S2/c1-18-15-19(2)25-23(16-18)28-26(33-25)29(17-20-10-12-27-13-11-20)24(30)5-4-14-32-22-8-6-21(31-3)7-9-22/h6-13,15-16H,4-5,14,17H2,1-3H3. The van der Waals surface area contributed by atoms with E-state index in [-0.39, 0.29) is 5.91 Å².